The molecule has 1 aliphatic heterocycles. The van der Waals surface area contributed by atoms with Crippen LogP contribution >= 0.6 is 0 Å². The molecule has 0 saturated carbocycles. The lowest BCUT2D eigenvalue weighted by Gasteiger charge is -2.20. The summed E-state index contributed by atoms with van der Waals surface area (Å²) in [6.07, 6.45) is 4.12. The van der Waals surface area contributed by atoms with Crippen molar-refractivity contribution in [2.75, 3.05) is 13.1 Å². The molecule has 82 valence electrons. The number of hydrogen-bond donors (Lipinski definition) is 0. The van der Waals surface area contributed by atoms with Gasteiger partial charge in [-0.1, -0.05) is 0 Å². The summed E-state index contributed by atoms with van der Waals surface area (Å²) in [6.45, 7) is 6.99. The molecule has 0 N–H and O–H groups in total. The predicted octanol–water partition coefficient (Wildman–Crippen LogP) is 1.75. The van der Waals surface area contributed by atoms with Gasteiger partial charge in [-0.25, -0.2) is 0 Å². The van der Waals surface area contributed by atoms with E-state index in [-0.39, 0.29) is 0 Å². The molecule has 3 heteroatoms. The highest BCUT2D eigenvalue weighted by Crippen LogP contribution is 2.21. The zero-order valence-corrected chi connectivity index (χ0v) is 9.56. The Bertz CT molecular complexity index is 297. The summed E-state index contributed by atoms with van der Waals surface area (Å²) in [4.78, 5) is 2.54. The van der Waals surface area contributed by atoms with Gasteiger partial charge in [0.25, 0.3) is 0 Å². The van der Waals surface area contributed by atoms with E-state index in [0.29, 0.717) is 6.04 Å². The van der Waals surface area contributed by atoms with Crippen LogP contribution in [0.3, 0.4) is 0 Å². The SMILES string of the molecule is CC(C)N1CCC(Cc2cccnn2)C1. The van der Waals surface area contributed by atoms with Gasteiger partial charge in [-0.15, -0.1) is 0 Å². The molecular formula is C12H19N3. The van der Waals surface area contributed by atoms with Gasteiger partial charge in [0.15, 0.2) is 0 Å². The quantitative estimate of drug-likeness (QED) is 0.752. The molecule has 1 aliphatic rings. The van der Waals surface area contributed by atoms with Crippen molar-refractivity contribution in [3.05, 3.63) is 24.0 Å². The van der Waals surface area contributed by atoms with E-state index in [2.05, 4.69) is 35.0 Å². The summed E-state index contributed by atoms with van der Waals surface area (Å²) in [5.41, 5.74) is 1.13. The molecule has 0 aliphatic carbocycles. The minimum Gasteiger partial charge on any atom is -0.301 e. The number of aromatic nitrogens is 2. The summed E-state index contributed by atoms with van der Waals surface area (Å²) in [5, 5.41) is 8.06. The smallest absolute Gasteiger partial charge is 0.0634 e. The van der Waals surface area contributed by atoms with E-state index in [0.717, 1.165) is 18.0 Å². The fourth-order valence-corrected chi connectivity index (χ4v) is 2.24. The van der Waals surface area contributed by atoms with Crippen LogP contribution in [0.4, 0.5) is 0 Å². The summed E-state index contributed by atoms with van der Waals surface area (Å²) in [7, 11) is 0. The monoisotopic (exact) mass is 205 g/mol. The Balaban J connectivity index is 1.88. The van der Waals surface area contributed by atoms with Gasteiger partial charge in [0, 0.05) is 18.8 Å². The van der Waals surface area contributed by atoms with Crippen LogP contribution in [-0.4, -0.2) is 34.2 Å². The molecular weight excluding hydrogens is 186 g/mol. The van der Waals surface area contributed by atoms with E-state index in [1.165, 1.54) is 19.5 Å². The second-order valence-electron chi connectivity index (χ2n) is 4.66. The number of likely N-dealkylation sites (tertiary alicyclic amines) is 1. The number of nitrogens with zero attached hydrogens (tertiary/aromatic N) is 3. The lowest BCUT2D eigenvalue weighted by atomic mass is 10.0. The van der Waals surface area contributed by atoms with E-state index >= 15 is 0 Å². The minimum absolute atomic E-state index is 0.678. The maximum Gasteiger partial charge on any atom is 0.0634 e. The summed E-state index contributed by atoms with van der Waals surface area (Å²) in [5.74, 6) is 0.768. The van der Waals surface area contributed by atoms with Crippen molar-refractivity contribution in [1.29, 1.82) is 0 Å². The normalized spacial score (nSPS) is 22.5. The summed E-state index contributed by atoms with van der Waals surface area (Å²) in [6, 6.07) is 4.72. The fraction of sp³-hybridized carbons (Fsp3) is 0.667. The van der Waals surface area contributed by atoms with Crippen LogP contribution in [0.1, 0.15) is 26.0 Å². The van der Waals surface area contributed by atoms with Gasteiger partial charge in [0.2, 0.25) is 0 Å². The van der Waals surface area contributed by atoms with Crippen LogP contribution in [0.5, 0.6) is 0 Å². The Morgan fingerprint density at radius 1 is 1.53 bits per heavy atom. The first kappa shape index (κ1) is 10.6. The van der Waals surface area contributed by atoms with Crippen molar-refractivity contribution in [2.45, 2.75) is 32.7 Å². The molecule has 15 heavy (non-hydrogen) atoms. The molecule has 0 spiro atoms. The number of rotatable bonds is 3. The van der Waals surface area contributed by atoms with Gasteiger partial charge in [0.05, 0.1) is 5.69 Å². The van der Waals surface area contributed by atoms with E-state index in [1.807, 2.05) is 6.07 Å². The molecule has 1 saturated heterocycles. The highest BCUT2D eigenvalue weighted by Gasteiger charge is 2.24. The minimum atomic E-state index is 0.678. The average molecular weight is 205 g/mol. The van der Waals surface area contributed by atoms with Gasteiger partial charge in [-0.3, -0.25) is 0 Å². The molecule has 1 fully saturated rings. The third kappa shape index (κ3) is 2.75. The molecule has 0 aromatic carbocycles. The highest BCUT2D eigenvalue weighted by molar-refractivity contribution is 5.01. The molecule has 0 radical (unpaired) electrons. The second kappa shape index (κ2) is 4.71. The second-order valence-corrected chi connectivity index (χ2v) is 4.66. The standard InChI is InChI=1S/C12H19N3/c1-10(2)15-7-5-11(9-15)8-12-4-3-6-13-14-12/h3-4,6,10-11H,5,7-9H2,1-2H3. The Morgan fingerprint density at radius 2 is 2.40 bits per heavy atom. The average Bonchev–Trinajstić information content (AvgIpc) is 2.68. The maximum atomic E-state index is 4.14. The van der Waals surface area contributed by atoms with Gasteiger partial charge < -0.3 is 4.90 Å². The third-order valence-corrected chi connectivity index (χ3v) is 3.17. The maximum absolute atomic E-state index is 4.14. The Hall–Kier alpha value is -0.960. The highest BCUT2D eigenvalue weighted by atomic mass is 15.2. The van der Waals surface area contributed by atoms with Crippen molar-refractivity contribution in [3.8, 4) is 0 Å². The topological polar surface area (TPSA) is 29.0 Å². The molecule has 2 rings (SSSR count). The third-order valence-electron chi connectivity index (χ3n) is 3.17. The zero-order valence-electron chi connectivity index (χ0n) is 9.56. The van der Waals surface area contributed by atoms with Crippen LogP contribution < -0.4 is 0 Å². The van der Waals surface area contributed by atoms with Crippen LogP contribution in [0.15, 0.2) is 18.3 Å². The van der Waals surface area contributed by atoms with Crippen molar-refractivity contribution in [3.63, 3.8) is 0 Å². The van der Waals surface area contributed by atoms with Crippen LogP contribution in [0, 0.1) is 5.92 Å². The van der Waals surface area contributed by atoms with Gasteiger partial charge >= 0.3 is 0 Å². The lowest BCUT2D eigenvalue weighted by Crippen LogP contribution is -2.28. The van der Waals surface area contributed by atoms with E-state index in [1.54, 1.807) is 6.20 Å². The molecule has 0 bridgehead atoms. The largest absolute Gasteiger partial charge is 0.301 e. The van der Waals surface area contributed by atoms with Gasteiger partial charge in [-0.05, 0) is 51.3 Å². The van der Waals surface area contributed by atoms with Crippen molar-refractivity contribution < 1.29 is 0 Å². The fourth-order valence-electron chi connectivity index (χ4n) is 2.24. The van der Waals surface area contributed by atoms with Gasteiger partial charge in [0.1, 0.15) is 0 Å². The zero-order chi connectivity index (χ0) is 10.7. The van der Waals surface area contributed by atoms with E-state index < -0.39 is 0 Å². The van der Waals surface area contributed by atoms with E-state index in [9.17, 15) is 0 Å². The van der Waals surface area contributed by atoms with Crippen molar-refractivity contribution in [2.24, 2.45) is 5.92 Å². The Labute approximate surface area is 91.5 Å². The molecule has 0 amide bonds. The predicted molar refractivity (Wildman–Crippen MR) is 60.6 cm³/mol. The Kier molecular flexibility index (Phi) is 3.31. The molecule has 3 nitrogen and oxygen atoms in total. The number of hydrogen-bond acceptors (Lipinski definition) is 3. The summed E-state index contributed by atoms with van der Waals surface area (Å²) < 4.78 is 0. The van der Waals surface area contributed by atoms with E-state index in [4.69, 9.17) is 0 Å². The van der Waals surface area contributed by atoms with Crippen LogP contribution in [0.2, 0.25) is 0 Å². The molecule has 1 aromatic heterocycles. The summed E-state index contributed by atoms with van der Waals surface area (Å²) >= 11 is 0. The lowest BCUT2D eigenvalue weighted by molar-refractivity contribution is 0.264. The molecule has 1 unspecified atom stereocenters. The first-order chi connectivity index (χ1) is 7.25. The Morgan fingerprint density at radius 3 is 3.00 bits per heavy atom. The molecule has 2 heterocycles. The first-order valence-corrected chi connectivity index (χ1v) is 5.76. The van der Waals surface area contributed by atoms with Gasteiger partial charge in [-0.2, -0.15) is 10.2 Å². The van der Waals surface area contributed by atoms with Crippen LogP contribution in [0.25, 0.3) is 0 Å². The molecule has 1 atom stereocenters. The van der Waals surface area contributed by atoms with Crippen molar-refractivity contribution in [1.82, 2.24) is 15.1 Å². The van der Waals surface area contributed by atoms with Crippen molar-refractivity contribution >= 4 is 0 Å². The molecule has 1 aromatic rings. The van der Waals surface area contributed by atoms with Crippen LogP contribution in [-0.2, 0) is 6.42 Å². The first-order valence-electron chi connectivity index (χ1n) is 5.76.